The van der Waals surface area contributed by atoms with Crippen LogP contribution in [0, 0.1) is 6.92 Å². The molecule has 1 aliphatic heterocycles. The van der Waals surface area contributed by atoms with Crippen LogP contribution in [-0.2, 0) is 4.79 Å². The maximum absolute atomic E-state index is 12.4. The molecule has 0 aromatic heterocycles. The lowest BCUT2D eigenvalue weighted by molar-refractivity contribution is -0.892. The van der Waals surface area contributed by atoms with Crippen LogP contribution in [0.15, 0.2) is 42.5 Å². The summed E-state index contributed by atoms with van der Waals surface area (Å²) in [4.78, 5) is 27.5. The van der Waals surface area contributed by atoms with E-state index in [1.165, 1.54) is 16.2 Å². The van der Waals surface area contributed by atoms with Gasteiger partial charge in [-0.15, -0.1) is 0 Å². The lowest BCUT2D eigenvalue weighted by atomic mass is 10.1. The summed E-state index contributed by atoms with van der Waals surface area (Å²) in [6, 6.07) is 12.9. The number of quaternary nitrogens is 1. The van der Waals surface area contributed by atoms with Gasteiger partial charge in [-0.25, -0.2) is 0 Å². The first-order valence-corrected chi connectivity index (χ1v) is 9.80. The summed E-state index contributed by atoms with van der Waals surface area (Å²) in [5, 5.41) is 6.23. The highest BCUT2D eigenvalue weighted by Crippen LogP contribution is 2.24. The highest BCUT2D eigenvalue weighted by atomic mass is 35.5. The van der Waals surface area contributed by atoms with Crippen LogP contribution in [0.5, 0.6) is 0 Å². The van der Waals surface area contributed by atoms with E-state index in [1.54, 1.807) is 31.3 Å². The predicted molar refractivity (Wildman–Crippen MR) is 112 cm³/mol. The van der Waals surface area contributed by atoms with Crippen LogP contribution in [0.4, 0.5) is 11.4 Å². The maximum Gasteiger partial charge on any atom is 0.279 e. The van der Waals surface area contributed by atoms with Crippen molar-refractivity contribution in [1.29, 1.82) is 0 Å². The summed E-state index contributed by atoms with van der Waals surface area (Å²) in [5.41, 5.74) is 3.65. The maximum atomic E-state index is 12.4. The molecule has 0 atom stereocenters. The van der Waals surface area contributed by atoms with Gasteiger partial charge in [0.2, 0.25) is 0 Å². The molecule has 0 saturated carbocycles. The van der Waals surface area contributed by atoms with Crippen molar-refractivity contribution < 1.29 is 14.5 Å². The number of hydrogen-bond acceptors (Lipinski definition) is 3. The molecule has 148 valence electrons. The molecule has 2 aromatic carbocycles. The molecule has 2 aromatic rings. The van der Waals surface area contributed by atoms with Gasteiger partial charge in [-0.3, -0.25) is 9.59 Å². The average Bonchev–Trinajstić information content (AvgIpc) is 2.70. The third kappa shape index (κ3) is 5.03. The zero-order valence-electron chi connectivity index (χ0n) is 16.2. The van der Waals surface area contributed by atoms with Gasteiger partial charge in [0.25, 0.3) is 11.8 Å². The topological polar surface area (TPSA) is 65.9 Å². The SMILES string of the molecule is CNC(=O)c1ccc(NC(=O)C[NH+]2CCN(c3cc(Cl)ccc3C)CC2)cc1. The monoisotopic (exact) mass is 401 g/mol. The lowest BCUT2D eigenvalue weighted by Crippen LogP contribution is -3.15. The number of benzene rings is 2. The molecule has 6 nitrogen and oxygen atoms in total. The Kier molecular flexibility index (Phi) is 6.54. The van der Waals surface area contributed by atoms with Crippen LogP contribution >= 0.6 is 11.6 Å². The second-order valence-electron chi connectivity index (χ2n) is 7.05. The van der Waals surface area contributed by atoms with Crippen LogP contribution in [-0.4, -0.2) is 51.6 Å². The number of carbonyl (C=O) groups excluding carboxylic acids is 2. The summed E-state index contributed by atoms with van der Waals surface area (Å²) >= 11 is 6.14. The van der Waals surface area contributed by atoms with Crippen molar-refractivity contribution in [2.24, 2.45) is 0 Å². The van der Waals surface area contributed by atoms with E-state index in [4.69, 9.17) is 11.6 Å². The number of piperazine rings is 1. The van der Waals surface area contributed by atoms with Crippen LogP contribution in [0.1, 0.15) is 15.9 Å². The summed E-state index contributed by atoms with van der Waals surface area (Å²) in [5.74, 6) is -0.162. The van der Waals surface area contributed by atoms with Crippen molar-refractivity contribution in [3.63, 3.8) is 0 Å². The van der Waals surface area contributed by atoms with Crippen LogP contribution < -0.4 is 20.4 Å². The molecule has 28 heavy (non-hydrogen) atoms. The number of nitrogens with zero attached hydrogens (tertiary/aromatic N) is 1. The van der Waals surface area contributed by atoms with Gasteiger partial charge in [0, 0.05) is 29.0 Å². The van der Waals surface area contributed by atoms with Gasteiger partial charge in [0.05, 0.1) is 26.2 Å². The van der Waals surface area contributed by atoms with E-state index in [2.05, 4.69) is 22.5 Å². The molecule has 1 fully saturated rings. The van der Waals surface area contributed by atoms with Gasteiger partial charge in [-0.1, -0.05) is 17.7 Å². The number of hydrogen-bond donors (Lipinski definition) is 3. The molecule has 1 aliphatic rings. The Hall–Kier alpha value is -2.57. The molecule has 0 radical (unpaired) electrons. The van der Waals surface area contributed by atoms with Crippen LogP contribution in [0.25, 0.3) is 0 Å². The van der Waals surface area contributed by atoms with E-state index in [1.807, 2.05) is 18.2 Å². The van der Waals surface area contributed by atoms with E-state index >= 15 is 0 Å². The second-order valence-corrected chi connectivity index (χ2v) is 7.49. The minimum Gasteiger partial charge on any atom is -0.360 e. The molecule has 0 bridgehead atoms. The summed E-state index contributed by atoms with van der Waals surface area (Å²) < 4.78 is 0. The fourth-order valence-corrected chi connectivity index (χ4v) is 3.61. The van der Waals surface area contributed by atoms with Gasteiger partial charge in [-0.2, -0.15) is 0 Å². The zero-order chi connectivity index (χ0) is 20.1. The van der Waals surface area contributed by atoms with E-state index in [-0.39, 0.29) is 11.8 Å². The first-order chi connectivity index (χ1) is 13.5. The molecule has 2 amide bonds. The molecule has 3 rings (SSSR count). The molecular formula is C21H26ClN4O2+. The van der Waals surface area contributed by atoms with Gasteiger partial charge >= 0.3 is 0 Å². The minimum atomic E-state index is -0.143. The molecular weight excluding hydrogens is 376 g/mol. The first kappa shape index (κ1) is 20.2. The summed E-state index contributed by atoms with van der Waals surface area (Å²) in [6.45, 7) is 6.10. The fourth-order valence-electron chi connectivity index (χ4n) is 3.45. The molecule has 1 heterocycles. The Morgan fingerprint density at radius 1 is 1.11 bits per heavy atom. The quantitative estimate of drug-likeness (QED) is 0.708. The Morgan fingerprint density at radius 2 is 1.79 bits per heavy atom. The standard InChI is InChI=1S/C21H25ClN4O2/c1-15-3-6-17(22)13-19(15)26-11-9-25(10-12-26)14-20(27)24-18-7-4-16(5-8-18)21(28)23-2/h3-8,13H,9-12,14H2,1-2H3,(H,23,28)(H,24,27)/p+1. The van der Waals surface area contributed by atoms with Gasteiger partial charge in [0.1, 0.15) is 0 Å². The van der Waals surface area contributed by atoms with Crippen molar-refractivity contribution in [3.05, 3.63) is 58.6 Å². The van der Waals surface area contributed by atoms with Crippen LogP contribution in [0.3, 0.4) is 0 Å². The smallest absolute Gasteiger partial charge is 0.279 e. The highest BCUT2D eigenvalue weighted by molar-refractivity contribution is 6.30. The van der Waals surface area contributed by atoms with Gasteiger partial charge < -0.3 is 20.4 Å². The molecule has 0 aliphatic carbocycles. The Morgan fingerprint density at radius 3 is 2.43 bits per heavy atom. The van der Waals surface area contributed by atoms with Gasteiger partial charge in [0.15, 0.2) is 6.54 Å². The third-order valence-electron chi connectivity index (χ3n) is 5.05. The number of nitrogens with one attached hydrogen (secondary N) is 3. The zero-order valence-corrected chi connectivity index (χ0v) is 17.0. The molecule has 0 unspecified atom stereocenters. The van der Waals surface area contributed by atoms with E-state index in [0.717, 1.165) is 31.2 Å². The molecule has 1 saturated heterocycles. The van der Waals surface area contributed by atoms with Crippen molar-refractivity contribution in [2.45, 2.75) is 6.92 Å². The first-order valence-electron chi connectivity index (χ1n) is 9.43. The van der Waals surface area contributed by atoms with Crippen molar-refractivity contribution in [1.82, 2.24) is 5.32 Å². The highest BCUT2D eigenvalue weighted by Gasteiger charge is 2.23. The van der Waals surface area contributed by atoms with Crippen molar-refractivity contribution >= 4 is 34.8 Å². The second kappa shape index (κ2) is 9.08. The van der Waals surface area contributed by atoms with Crippen LogP contribution in [0.2, 0.25) is 5.02 Å². The van der Waals surface area contributed by atoms with Crippen molar-refractivity contribution in [3.8, 4) is 0 Å². The van der Waals surface area contributed by atoms with Gasteiger partial charge in [-0.05, 0) is 48.9 Å². The summed E-state index contributed by atoms with van der Waals surface area (Å²) in [6.07, 6.45) is 0. The number of carbonyl (C=O) groups is 2. The Balaban J connectivity index is 1.50. The molecule has 3 N–H and O–H groups in total. The number of anilines is 2. The lowest BCUT2D eigenvalue weighted by Gasteiger charge is -2.34. The van der Waals surface area contributed by atoms with E-state index < -0.39 is 0 Å². The minimum absolute atomic E-state index is 0.0184. The van der Waals surface area contributed by atoms with E-state index in [0.29, 0.717) is 17.8 Å². The fraction of sp³-hybridized carbons (Fsp3) is 0.333. The Labute approximate surface area is 170 Å². The number of amides is 2. The van der Waals surface area contributed by atoms with Crippen molar-refractivity contribution in [2.75, 3.05) is 50.0 Å². The number of halogens is 1. The summed E-state index contributed by atoms with van der Waals surface area (Å²) in [7, 11) is 1.59. The largest absolute Gasteiger partial charge is 0.360 e. The number of rotatable bonds is 5. The normalized spacial score (nSPS) is 14.6. The predicted octanol–water partition coefficient (Wildman–Crippen LogP) is 1.35. The third-order valence-corrected chi connectivity index (χ3v) is 5.29. The average molecular weight is 402 g/mol. The molecule has 0 spiro atoms. The number of aryl methyl sites for hydroxylation is 1. The Bertz CT molecular complexity index is 846. The molecule has 7 heteroatoms. The van der Waals surface area contributed by atoms with E-state index in [9.17, 15) is 9.59 Å².